The van der Waals surface area contributed by atoms with Crippen LogP contribution in [-0.2, 0) is 14.6 Å². The van der Waals surface area contributed by atoms with E-state index < -0.39 is 27.9 Å². The largest absolute Gasteiger partial charge is 0.440 e. The summed E-state index contributed by atoms with van der Waals surface area (Å²) < 4.78 is 62.1. The number of carbonyl (C=O) groups excluding carboxylic acids is 1. The summed E-state index contributed by atoms with van der Waals surface area (Å²) in [7, 11) is -3.12. The highest BCUT2D eigenvalue weighted by Crippen LogP contribution is 2.47. The maximum atomic E-state index is 13.6. The summed E-state index contributed by atoms with van der Waals surface area (Å²) in [6.07, 6.45) is 4.16. The second kappa shape index (κ2) is 11.6. The number of hydrogen-bond donors (Lipinski definition) is 1. The monoisotopic (exact) mass is 610 g/mol. The van der Waals surface area contributed by atoms with Crippen molar-refractivity contribution in [2.24, 2.45) is 5.92 Å². The molecule has 2 atom stereocenters. The summed E-state index contributed by atoms with van der Waals surface area (Å²) >= 11 is 0. The van der Waals surface area contributed by atoms with E-state index in [9.17, 15) is 27.3 Å². The van der Waals surface area contributed by atoms with Gasteiger partial charge in [0, 0.05) is 36.2 Å². The van der Waals surface area contributed by atoms with E-state index in [1.807, 2.05) is 29.2 Å². The number of nitrogens with one attached hydrogen (secondary N) is 1. The lowest BCUT2D eigenvalue weighted by molar-refractivity contribution is -0.127. The predicted octanol–water partition coefficient (Wildman–Crippen LogP) is 5.29. The highest BCUT2D eigenvalue weighted by Gasteiger charge is 2.47. The Morgan fingerprint density at radius 3 is 2.44 bits per heavy atom. The molecule has 1 aliphatic heterocycles. The highest BCUT2D eigenvalue weighted by molar-refractivity contribution is 7.91. The summed E-state index contributed by atoms with van der Waals surface area (Å²) in [5.74, 6) is -0.545. The van der Waals surface area contributed by atoms with Crippen LogP contribution in [0.2, 0.25) is 0 Å². The fraction of sp³-hybridized carbons (Fsp3) is 0.452. The zero-order valence-electron chi connectivity index (χ0n) is 23.5. The van der Waals surface area contributed by atoms with E-state index in [1.165, 1.54) is 6.07 Å². The summed E-state index contributed by atoms with van der Waals surface area (Å²) in [5.41, 5.74) is 1.36. The highest BCUT2D eigenvalue weighted by atomic mass is 32.2. The first-order chi connectivity index (χ1) is 20.7. The average molecular weight is 611 g/mol. The molecule has 0 radical (unpaired) electrons. The molecule has 0 spiro atoms. The van der Waals surface area contributed by atoms with Gasteiger partial charge in [0.25, 0.3) is 0 Å². The van der Waals surface area contributed by atoms with Crippen LogP contribution in [0.5, 0.6) is 5.75 Å². The van der Waals surface area contributed by atoms with Gasteiger partial charge in [-0.2, -0.15) is 14.0 Å². The van der Waals surface area contributed by atoms with Crippen molar-refractivity contribution in [1.29, 1.82) is 5.26 Å². The first-order valence-electron chi connectivity index (χ1n) is 14.5. The quantitative estimate of drug-likeness (QED) is 0.365. The SMILES string of the molecule is N#CC1(NC(=O)[C@@H]2CCCC[C@H]2c2oc(-c3ccccc3OC(F)F)nc2-c2ccccc2N2CCS(=O)(=O)CC2)CC1. The van der Waals surface area contributed by atoms with Crippen LogP contribution >= 0.6 is 0 Å². The van der Waals surface area contributed by atoms with Crippen molar-refractivity contribution in [3.8, 4) is 34.5 Å². The number of amides is 1. The molecular weight excluding hydrogens is 578 g/mol. The van der Waals surface area contributed by atoms with E-state index in [0.29, 0.717) is 55.8 Å². The van der Waals surface area contributed by atoms with Gasteiger partial charge in [-0.3, -0.25) is 4.79 Å². The van der Waals surface area contributed by atoms with Crippen molar-refractivity contribution in [3.05, 3.63) is 54.3 Å². The van der Waals surface area contributed by atoms with Crippen LogP contribution in [0.3, 0.4) is 0 Å². The van der Waals surface area contributed by atoms with Crippen LogP contribution in [-0.4, -0.2) is 56.1 Å². The molecule has 0 bridgehead atoms. The molecule has 0 unspecified atom stereocenters. The number of alkyl halides is 2. The number of hydrogen-bond acceptors (Lipinski definition) is 8. The third-order valence-electron chi connectivity index (χ3n) is 8.60. The Bertz CT molecular complexity index is 1650. The molecule has 12 heteroatoms. The molecule has 2 aliphatic carbocycles. The van der Waals surface area contributed by atoms with Crippen LogP contribution in [0.4, 0.5) is 14.5 Å². The van der Waals surface area contributed by atoms with Gasteiger partial charge in [-0.25, -0.2) is 13.4 Å². The summed E-state index contributed by atoms with van der Waals surface area (Å²) in [4.78, 5) is 20.4. The van der Waals surface area contributed by atoms with Crippen LogP contribution in [0.25, 0.3) is 22.7 Å². The molecule has 6 rings (SSSR count). The normalized spacial score (nSPS) is 22.5. The first kappa shape index (κ1) is 29.1. The maximum absolute atomic E-state index is 13.6. The second-order valence-electron chi connectivity index (χ2n) is 11.4. The number of nitrogens with zero attached hydrogens (tertiary/aromatic N) is 3. The van der Waals surface area contributed by atoms with E-state index in [-0.39, 0.29) is 40.5 Å². The van der Waals surface area contributed by atoms with Crippen molar-refractivity contribution < 1.29 is 31.1 Å². The molecule has 2 heterocycles. The zero-order valence-corrected chi connectivity index (χ0v) is 24.3. The van der Waals surface area contributed by atoms with Crippen LogP contribution in [0, 0.1) is 17.2 Å². The van der Waals surface area contributed by atoms with Gasteiger partial charge < -0.3 is 19.4 Å². The Balaban J connectivity index is 1.46. The molecular formula is C31H32F2N4O5S. The van der Waals surface area contributed by atoms with Crippen LogP contribution < -0.4 is 15.0 Å². The Morgan fingerprint density at radius 1 is 1.07 bits per heavy atom. The van der Waals surface area contributed by atoms with Crippen molar-refractivity contribution in [2.45, 2.75) is 56.6 Å². The number of ether oxygens (including phenoxy) is 1. The first-order valence-corrected chi connectivity index (χ1v) is 16.3. The molecule has 9 nitrogen and oxygen atoms in total. The van der Waals surface area contributed by atoms with E-state index in [1.54, 1.807) is 18.2 Å². The number of oxazole rings is 1. The lowest BCUT2D eigenvalue weighted by atomic mass is 9.76. The third kappa shape index (κ3) is 6.09. The number of nitriles is 1. The molecule has 2 saturated carbocycles. The van der Waals surface area contributed by atoms with E-state index in [0.717, 1.165) is 18.5 Å². The Labute approximate surface area is 248 Å². The number of aromatic nitrogens is 1. The minimum atomic E-state index is -3.12. The van der Waals surface area contributed by atoms with Gasteiger partial charge in [-0.1, -0.05) is 43.2 Å². The molecule has 3 fully saturated rings. The number of carbonyl (C=O) groups is 1. The average Bonchev–Trinajstić information content (AvgIpc) is 3.64. The Kier molecular flexibility index (Phi) is 7.85. The second-order valence-corrected chi connectivity index (χ2v) is 13.7. The maximum Gasteiger partial charge on any atom is 0.387 e. The molecule has 226 valence electrons. The Hall–Kier alpha value is -3.98. The molecule has 1 aromatic heterocycles. The van der Waals surface area contributed by atoms with Gasteiger partial charge >= 0.3 is 6.61 Å². The fourth-order valence-electron chi connectivity index (χ4n) is 6.11. The summed E-state index contributed by atoms with van der Waals surface area (Å²) in [6, 6.07) is 16.0. The van der Waals surface area contributed by atoms with Crippen molar-refractivity contribution in [2.75, 3.05) is 29.5 Å². The van der Waals surface area contributed by atoms with Crippen LogP contribution in [0.15, 0.2) is 52.9 Å². The van der Waals surface area contributed by atoms with Crippen molar-refractivity contribution in [3.63, 3.8) is 0 Å². The Morgan fingerprint density at radius 2 is 1.74 bits per heavy atom. The van der Waals surface area contributed by atoms with Gasteiger partial charge in [0.05, 0.1) is 23.1 Å². The number of rotatable bonds is 8. The summed E-state index contributed by atoms with van der Waals surface area (Å²) in [5, 5.41) is 12.5. The van der Waals surface area contributed by atoms with Gasteiger partial charge in [0.2, 0.25) is 11.8 Å². The van der Waals surface area contributed by atoms with Gasteiger partial charge in [0.15, 0.2) is 9.84 Å². The number of anilines is 1. The summed E-state index contributed by atoms with van der Waals surface area (Å²) in [6.45, 7) is -2.42. The lowest BCUT2D eigenvalue weighted by Crippen LogP contribution is -2.42. The minimum Gasteiger partial charge on any atom is -0.440 e. The smallest absolute Gasteiger partial charge is 0.387 e. The zero-order chi connectivity index (χ0) is 30.2. The van der Waals surface area contributed by atoms with Crippen LogP contribution in [0.1, 0.15) is 50.2 Å². The fourth-order valence-corrected chi connectivity index (χ4v) is 7.31. The molecule has 1 saturated heterocycles. The number of halogens is 2. The molecule has 43 heavy (non-hydrogen) atoms. The van der Waals surface area contributed by atoms with Gasteiger partial charge in [-0.05, 0) is 43.9 Å². The van der Waals surface area contributed by atoms with Gasteiger partial charge in [-0.15, -0.1) is 0 Å². The molecule has 1 amide bonds. The molecule has 2 aromatic carbocycles. The molecule has 3 aromatic rings. The number of para-hydroxylation sites is 2. The number of benzene rings is 2. The molecule has 1 N–H and O–H groups in total. The van der Waals surface area contributed by atoms with E-state index in [4.69, 9.17) is 14.1 Å². The lowest BCUT2D eigenvalue weighted by Gasteiger charge is -2.32. The van der Waals surface area contributed by atoms with Crippen molar-refractivity contribution in [1.82, 2.24) is 10.3 Å². The number of sulfone groups is 1. The topological polar surface area (TPSA) is 126 Å². The predicted molar refractivity (Wildman–Crippen MR) is 155 cm³/mol. The van der Waals surface area contributed by atoms with E-state index in [2.05, 4.69) is 11.4 Å². The standard InChI is InChI=1S/C31H32F2N4O5S/c32-30(33)41-25-12-6-4-10-23(25)29-35-26(22-9-3-5-11-24(22)37-15-17-43(39,40)18-16-37)27(42-29)20-7-1-2-8-21(20)28(38)36-31(19-34)13-14-31/h3-6,9-12,20-21,30H,1-2,7-8,13-18H2,(H,36,38)/t20-,21-/m1/s1. The van der Waals surface area contributed by atoms with Crippen molar-refractivity contribution >= 4 is 21.4 Å². The van der Waals surface area contributed by atoms with Gasteiger partial charge in [0.1, 0.15) is 22.7 Å². The van der Waals surface area contributed by atoms with E-state index >= 15 is 0 Å². The third-order valence-corrected chi connectivity index (χ3v) is 10.2. The minimum absolute atomic E-state index is 0.0299. The molecule has 3 aliphatic rings.